The Bertz CT molecular complexity index is 1250. The van der Waals surface area contributed by atoms with E-state index < -0.39 is 0 Å². The van der Waals surface area contributed by atoms with Gasteiger partial charge in [0.1, 0.15) is 17.4 Å². The maximum atomic E-state index is 13.1. The van der Waals surface area contributed by atoms with Gasteiger partial charge in [0.2, 0.25) is 0 Å². The number of aryl methyl sites for hydroxylation is 3. The molecule has 4 aromatic rings. The van der Waals surface area contributed by atoms with E-state index in [2.05, 4.69) is 35.9 Å². The number of nitrogens with one attached hydrogen (secondary N) is 1. The third-order valence-corrected chi connectivity index (χ3v) is 5.61. The second-order valence-electron chi connectivity index (χ2n) is 8.18. The van der Waals surface area contributed by atoms with Crippen molar-refractivity contribution in [2.24, 2.45) is 0 Å². The standard InChI is InChI=1S/C27H28FN3O2/c1-19-9-14-25(20(2)17-19)33-16-6-5-15-31-24-8-4-3-7-23(24)30-26(31)18-29-27(32)21-10-12-22(28)13-11-21/h3-4,7-14,17H,5-6,15-16,18H2,1-2H3,(H,29,32). The molecule has 1 amide bonds. The quantitative estimate of drug-likeness (QED) is 0.342. The number of para-hydroxylation sites is 2. The smallest absolute Gasteiger partial charge is 0.251 e. The average Bonchev–Trinajstić information content (AvgIpc) is 3.16. The number of carbonyl (C=O) groups is 1. The van der Waals surface area contributed by atoms with Crippen LogP contribution in [0.1, 0.15) is 40.2 Å². The Labute approximate surface area is 193 Å². The van der Waals surface area contributed by atoms with Crippen LogP contribution >= 0.6 is 0 Å². The minimum Gasteiger partial charge on any atom is -0.493 e. The third kappa shape index (κ3) is 5.58. The zero-order chi connectivity index (χ0) is 23.2. The number of amides is 1. The van der Waals surface area contributed by atoms with Gasteiger partial charge in [0.25, 0.3) is 5.91 Å². The van der Waals surface area contributed by atoms with E-state index in [1.807, 2.05) is 30.3 Å². The molecular weight excluding hydrogens is 417 g/mol. The number of unbranched alkanes of at least 4 members (excludes halogenated alkanes) is 1. The lowest BCUT2D eigenvalue weighted by atomic mass is 10.1. The first-order valence-electron chi connectivity index (χ1n) is 11.2. The molecule has 0 radical (unpaired) electrons. The number of hydrogen-bond acceptors (Lipinski definition) is 3. The van der Waals surface area contributed by atoms with Gasteiger partial charge in [-0.2, -0.15) is 0 Å². The molecule has 0 atom stereocenters. The van der Waals surface area contributed by atoms with Crippen molar-refractivity contribution in [3.8, 4) is 5.75 Å². The minimum absolute atomic E-state index is 0.254. The first-order chi connectivity index (χ1) is 16.0. The van der Waals surface area contributed by atoms with Crippen molar-refractivity contribution < 1.29 is 13.9 Å². The van der Waals surface area contributed by atoms with Gasteiger partial charge < -0.3 is 14.6 Å². The first kappa shape index (κ1) is 22.5. The van der Waals surface area contributed by atoms with E-state index >= 15 is 0 Å². The molecule has 3 aromatic carbocycles. The molecule has 0 aliphatic heterocycles. The lowest BCUT2D eigenvalue weighted by Gasteiger charge is -2.12. The maximum Gasteiger partial charge on any atom is 0.251 e. The van der Waals surface area contributed by atoms with E-state index in [4.69, 9.17) is 9.72 Å². The van der Waals surface area contributed by atoms with Gasteiger partial charge in [-0.25, -0.2) is 9.37 Å². The number of ether oxygens (including phenoxy) is 1. The largest absolute Gasteiger partial charge is 0.493 e. The van der Waals surface area contributed by atoms with Crippen LogP contribution in [0.4, 0.5) is 4.39 Å². The van der Waals surface area contributed by atoms with Crippen LogP contribution in [0, 0.1) is 19.7 Å². The zero-order valence-electron chi connectivity index (χ0n) is 19.0. The van der Waals surface area contributed by atoms with Crippen molar-refractivity contribution in [1.82, 2.24) is 14.9 Å². The summed E-state index contributed by atoms with van der Waals surface area (Å²) in [6.07, 6.45) is 1.82. The molecule has 4 rings (SSSR count). The van der Waals surface area contributed by atoms with Crippen molar-refractivity contribution >= 4 is 16.9 Å². The number of hydrogen-bond donors (Lipinski definition) is 1. The number of imidazole rings is 1. The maximum absolute atomic E-state index is 13.1. The van der Waals surface area contributed by atoms with Crippen molar-refractivity contribution in [2.75, 3.05) is 6.61 Å². The van der Waals surface area contributed by atoms with Crippen molar-refractivity contribution in [2.45, 2.75) is 39.8 Å². The van der Waals surface area contributed by atoms with Gasteiger partial charge in [0, 0.05) is 12.1 Å². The van der Waals surface area contributed by atoms with Gasteiger partial charge in [-0.3, -0.25) is 4.79 Å². The number of rotatable bonds is 9. The van der Waals surface area contributed by atoms with E-state index in [-0.39, 0.29) is 11.7 Å². The lowest BCUT2D eigenvalue weighted by molar-refractivity contribution is 0.0949. The SMILES string of the molecule is Cc1ccc(OCCCCn2c(CNC(=O)c3ccc(F)cc3)nc3ccccc32)c(C)c1. The fraction of sp³-hybridized carbons (Fsp3) is 0.259. The molecule has 33 heavy (non-hydrogen) atoms. The molecule has 6 heteroatoms. The van der Waals surface area contributed by atoms with Crippen LogP contribution in [0.2, 0.25) is 0 Å². The van der Waals surface area contributed by atoms with E-state index in [0.717, 1.165) is 47.6 Å². The summed E-state index contributed by atoms with van der Waals surface area (Å²) < 4.78 is 21.2. The summed E-state index contributed by atoms with van der Waals surface area (Å²) in [6, 6.07) is 19.7. The van der Waals surface area contributed by atoms with Crippen LogP contribution in [-0.2, 0) is 13.1 Å². The van der Waals surface area contributed by atoms with E-state index in [0.29, 0.717) is 18.7 Å². The Morgan fingerprint density at radius 2 is 1.82 bits per heavy atom. The van der Waals surface area contributed by atoms with Crippen LogP contribution in [-0.4, -0.2) is 22.1 Å². The molecular formula is C27H28FN3O2. The number of aromatic nitrogens is 2. The molecule has 1 heterocycles. The summed E-state index contributed by atoms with van der Waals surface area (Å²) >= 11 is 0. The molecule has 1 aromatic heterocycles. The van der Waals surface area contributed by atoms with Gasteiger partial charge >= 0.3 is 0 Å². The fourth-order valence-corrected chi connectivity index (χ4v) is 3.89. The lowest BCUT2D eigenvalue weighted by Crippen LogP contribution is -2.24. The summed E-state index contributed by atoms with van der Waals surface area (Å²) in [5.41, 5.74) is 4.73. The summed E-state index contributed by atoms with van der Waals surface area (Å²) in [5, 5.41) is 2.90. The molecule has 0 fully saturated rings. The predicted octanol–water partition coefficient (Wildman–Crippen LogP) is 5.58. The van der Waals surface area contributed by atoms with Crippen LogP contribution in [0.5, 0.6) is 5.75 Å². The van der Waals surface area contributed by atoms with Gasteiger partial charge in [0.15, 0.2) is 0 Å². The Kier molecular flexibility index (Phi) is 7.03. The zero-order valence-corrected chi connectivity index (χ0v) is 19.0. The third-order valence-electron chi connectivity index (χ3n) is 5.61. The van der Waals surface area contributed by atoms with Crippen LogP contribution in [0.25, 0.3) is 11.0 Å². The fourth-order valence-electron chi connectivity index (χ4n) is 3.89. The Morgan fingerprint density at radius 1 is 1.03 bits per heavy atom. The monoisotopic (exact) mass is 445 g/mol. The highest BCUT2D eigenvalue weighted by Gasteiger charge is 2.12. The Morgan fingerprint density at radius 3 is 2.61 bits per heavy atom. The number of carbonyl (C=O) groups excluding carboxylic acids is 1. The number of halogens is 1. The molecule has 5 nitrogen and oxygen atoms in total. The normalized spacial score (nSPS) is 11.0. The van der Waals surface area contributed by atoms with E-state index in [1.54, 1.807) is 0 Å². The molecule has 0 saturated heterocycles. The highest BCUT2D eigenvalue weighted by Crippen LogP contribution is 2.20. The van der Waals surface area contributed by atoms with Gasteiger partial charge in [0.05, 0.1) is 24.2 Å². The van der Waals surface area contributed by atoms with Gasteiger partial charge in [-0.05, 0) is 74.7 Å². The van der Waals surface area contributed by atoms with Crippen molar-refractivity contribution in [3.63, 3.8) is 0 Å². The summed E-state index contributed by atoms with van der Waals surface area (Å²) in [5.74, 6) is 1.10. The second kappa shape index (κ2) is 10.3. The highest BCUT2D eigenvalue weighted by atomic mass is 19.1. The van der Waals surface area contributed by atoms with E-state index in [9.17, 15) is 9.18 Å². The Balaban J connectivity index is 1.37. The molecule has 0 spiro atoms. The minimum atomic E-state index is -0.366. The molecule has 0 aliphatic rings. The first-order valence-corrected chi connectivity index (χ1v) is 11.2. The molecule has 170 valence electrons. The van der Waals surface area contributed by atoms with Crippen LogP contribution in [0.15, 0.2) is 66.7 Å². The summed E-state index contributed by atoms with van der Waals surface area (Å²) in [6.45, 7) is 5.86. The van der Waals surface area contributed by atoms with Crippen LogP contribution < -0.4 is 10.1 Å². The second-order valence-corrected chi connectivity index (χ2v) is 8.18. The Hall–Kier alpha value is -3.67. The van der Waals surface area contributed by atoms with E-state index in [1.165, 1.54) is 29.8 Å². The molecule has 0 unspecified atom stereocenters. The molecule has 1 N–H and O–H groups in total. The highest BCUT2D eigenvalue weighted by molar-refractivity contribution is 5.94. The van der Waals surface area contributed by atoms with Crippen molar-refractivity contribution in [1.29, 1.82) is 0 Å². The van der Waals surface area contributed by atoms with Gasteiger partial charge in [-0.15, -0.1) is 0 Å². The van der Waals surface area contributed by atoms with Gasteiger partial charge in [-0.1, -0.05) is 29.8 Å². The van der Waals surface area contributed by atoms with Crippen molar-refractivity contribution in [3.05, 3.63) is 95.1 Å². The van der Waals surface area contributed by atoms with Crippen LogP contribution in [0.3, 0.4) is 0 Å². The average molecular weight is 446 g/mol. The molecule has 0 aliphatic carbocycles. The number of fused-ring (bicyclic) bond motifs is 1. The molecule has 0 saturated carbocycles. The number of nitrogens with zero attached hydrogens (tertiary/aromatic N) is 2. The summed E-state index contributed by atoms with van der Waals surface area (Å²) in [4.78, 5) is 17.2. The summed E-state index contributed by atoms with van der Waals surface area (Å²) in [7, 11) is 0. The molecule has 0 bridgehead atoms. The topological polar surface area (TPSA) is 56.1 Å². The predicted molar refractivity (Wildman–Crippen MR) is 128 cm³/mol. The number of benzene rings is 3.